The molecule has 8 nitrogen and oxygen atoms in total. The zero-order valence-corrected chi connectivity index (χ0v) is 14.0. The first kappa shape index (κ1) is 16.2. The maximum absolute atomic E-state index is 12.1. The van der Waals surface area contributed by atoms with E-state index in [1.165, 1.54) is 4.68 Å². The molecule has 0 unspecified atom stereocenters. The summed E-state index contributed by atoms with van der Waals surface area (Å²) in [4.78, 5) is 25.9. The standard InChI is InChI=1S/C16H22N6O2/c1-3-22-7-5-14(19-22)16(24)17-9-12-4-6-21(11-12)13-8-15(23)20(2)18-10-13/h5,7-8,10,12H,3-4,6,9,11H2,1-2H3,(H,17,24)/t12-/m1/s1. The van der Waals surface area contributed by atoms with Gasteiger partial charge in [-0.05, 0) is 25.3 Å². The van der Waals surface area contributed by atoms with Crippen LogP contribution in [0.2, 0.25) is 0 Å². The van der Waals surface area contributed by atoms with Crippen LogP contribution in [0.25, 0.3) is 0 Å². The normalized spacial score (nSPS) is 17.2. The number of nitrogens with zero attached hydrogens (tertiary/aromatic N) is 5. The lowest BCUT2D eigenvalue weighted by molar-refractivity contribution is 0.0942. The van der Waals surface area contributed by atoms with Gasteiger partial charge >= 0.3 is 0 Å². The van der Waals surface area contributed by atoms with Gasteiger partial charge in [0, 0.05) is 45.5 Å². The van der Waals surface area contributed by atoms with Gasteiger partial charge in [-0.15, -0.1) is 0 Å². The molecule has 0 bridgehead atoms. The van der Waals surface area contributed by atoms with Crippen LogP contribution in [0.3, 0.4) is 0 Å². The third-order valence-electron chi connectivity index (χ3n) is 4.35. The summed E-state index contributed by atoms with van der Waals surface area (Å²) in [6, 6.07) is 3.33. The highest BCUT2D eigenvalue weighted by Crippen LogP contribution is 2.21. The first-order valence-electron chi connectivity index (χ1n) is 8.16. The Morgan fingerprint density at radius 2 is 2.29 bits per heavy atom. The van der Waals surface area contributed by atoms with Crippen molar-refractivity contribution < 1.29 is 4.79 Å². The molecule has 3 heterocycles. The zero-order chi connectivity index (χ0) is 17.1. The van der Waals surface area contributed by atoms with Crippen LogP contribution in [-0.4, -0.2) is 45.1 Å². The smallest absolute Gasteiger partial charge is 0.271 e. The van der Waals surface area contributed by atoms with Gasteiger partial charge in [0.15, 0.2) is 0 Å². The number of carbonyl (C=O) groups excluding carboxylic acids is 1. The second kappa shape index (κ2) is 6.86. The Hall–Kier alpha value is -2.64. The molecule has 0 aromatic carbocycles. The van der Waals surface area contributed by atoms with Crippen LogP contribution in [0.15, 0.2) is 29.3 Å². The number of anilines is 1. The third kappa shape index (κ3) is 3.47. The summed E-state index contributed by atoms with van der Waals surface area (Å²) in [5, 5.41) is 11.2. The second-order valence-electron chi connectivity index (χ2n) is 6.04. The number of hydrogen-bond acceptors (Lipinski definition) is 5. The average molecular weight is 330 g/mol. The molecule has 128 valence electrons. The van der Waals surface area contributed by atoms with Crippen molar-refractivity contribution in [3.8, 4) is 0 Å². The Morgan fingerprint density at radius 1 is 1.46 bits per heavy atom. The Morgan fingerprint density at radius 3 is 3.00 bits per heavy atom. The Labute approximate surface area is 140 Å². The summed E-state index contributed by atoms with van der Waals surface area (Å²) in [6.07, 6.45) is 4.48. The minimum atomic E-state index is -0.143. The number of carbonyl (C=O) groups is 1. The third-order valence-corrected chi connectivity index (χ3v) is 4.35. The summed E-state index contributed by atoms with van der Waals surface area (Å²) in [5.41, 5.74) is 1.17. The molecule has 8 heteroatoms. The summed E-state index contributed by atoms with van der Waals surface area (Å²) in [5.74, 6) is 0.210. The van der Waals surface area contributed by atoms with E-state index in [1.807, 2.05) is 6.92 Å². The summed E-state index contributed by atoms with van der Waals surface area (Å²) in [6.45, 7) is 4.99. The fourth-order valence-corrected chi connectivity index (χ4v) is 2.85. The van der Waals surface area contributed by atoms with Crippen molar-refractivity contribution in [2.45, 2.75) is 19.9 Å². The van der Waals surface area contributed by atoms with Crippen LogP contribution in [0.1, 0.15) is 23.8 Å². The maximum Gasteiger partial charge on any atom is 0.271 e. The zero-order valence-electron chi connectivity index (χ0n) is 14.0. The minimum Gasteiger partial charge on any atom is -0.370 e. The lowest BCUT2D eigenvalue weighted by Gasteiger charge is -2.18. The van der Waals surface area contributed by atoms with E-state index < -0.39 is 0 Å². The van der Waals surface area contributed by atoms with Crippen molar-refractivity contribution in [1.82, 2.24) is 24.9 Å². The lowest BCUT2D eigenvalue weighted by Crippen LogP contribution is -2.31. The van der Waals surface area contributed by atoms with Crippen molar-refractivity contribution in [2.24, 2.45) is 13.0 Å². The van der Waals surface area contributed by atoms with Gasteiger partial charge in [0.1, 0.15) is 5.69 Å². The van der Waals surface area contributed by atoms with Gasteiger partial charge in [-0.3, -0.25) is 14.3 Å². The van der Waals surface area contributed by atoms with Crippen molar-refractivity contribution in [3.05, 3.63) is 40.6 Å². The fraction of sp³-hybridized carbons (Fsp3) is 0.500. The lowest BCUT2D eigenvalue weighted by atomic mass is 10.1. The van der Waals surface area contributed by atoms with Gasteiger partial charge in [0.25, 0.3) is 11.5 Å². The molecule has 2 aromatic rings. The number of aromatic nitrogens is 4. The molecule has 0 radical (unpaired) electrons. The number of rotatable bonds is 5. The van der Waals surface area contributed by atoms with Crippen molar-refractivity contribution >= 4 is 11.6 Å². The number of aryl methyl sites for hydroxylation is 2. The molecule has 24 heavy (non-hydrogen) atoms. The first-order valence-corrected chi connectivity index (χ1v) is 8.16. The van der Waals surface area contributed by atoms with E-state index in [0.29, 0.717) is 18.2 Å². The van der Waals surface area contributed by atoms with Crippen LogP contribution in [0.4, 0.5) is 5.69 Å². The molecule has 1 N–H and O–H groups in total. The highest BCUT2D eigenvalue weighted by atomic mass is 16.2. The largest absolute Gasteiger partial charge is 0.370 e. The van der Waals surface area contributed by atoms with Gasteiger partial charge < -0.3 is 10.2 Å². The molecule has 1 atom stereocenters. The van der Waals surface area contributed by atoms with E-state index >= 15 is 0 Å². The summed E-state index contributed by atoms with van der Waals surface area (Å²) >= 11 is 0. The minimum absolute atomic E-state index is 0.115. The van der Waals surface area contributed by atoms with E-state index in [-0.39, 0.29) is 11.5 Å². The molecule has 1 amide bonds. The predicted octanol–water partition coefficient (Wildman–Crippen LogP) is 0.253. The molecule has 0 aliphatic carbocycles. The molecule has 0 spiro atoms. The van der Waals surface area contributed by atoms with Crippen molar-refractivity contribution in [1.29, 1.82) is 0 Å². The number of amides is 1. The van der Waals surface area contributed by atoms with E-state index in [2.05, 4.69) is 20.4 Å². The summed E-state index contributed by atoms with van der Waals surface area (Å²) in [7, 11) is 1.63. The van der Waals surface area contributed by atoms with E-state index in [1.54, 1.807) is 36.3 Å². The molecule has 1 fully saturated rings. The van der Waals surface area contributed by atoms with Gasteiger partial charge in [-0.25, -0.2) is 4.68 Å². The average Bonchev–Trinajstić information content (AvgIpc) is 3.24. The molecule has 2 aromatic heterocycles. The van der Waals surface area contributed by atoms with Gasteiger partial charge in [-0.1, -0.05) is 0 Å². The van der Waals surface area contributed by atoms with Crippen LogP contribution in [0, 0.1) is 5.92 Å². The van der Waals surface area contributed by atoms with E-state index in [0.717, 1.165) is 31.7 Å². The summed E-state index contributed by atoms with van der Waals surface area (Å²) < 4.78 is 3.04. The van der Waals surface area contributed by atoms with E-state index in [9.17, 15) is 9.59 Å². The van der Waals surface area contributed by atoms with Crippen LogP contribution >= 0.6 is 0 Å². The van der Waals surface area contributed by atoms with Crippen LogP contribution in [-0.2, 0) is 13.6 Å². The highest BCUT2D eigenvalue weighted by molar-refractivity contribution is 5.92. The number of nitrogens with one attached hydrogen (secondary N) is 1. The van der Waals surface area contributed by atoms with Crippen molar-refractivity contribution in [2.75, 3.05) is 24.5 Å². The molecule has 1 aliphatic rings. The topological polar surface area (TPSA) is 85.0 Å². The Bertz CT molecular complexity index is 781. The van der Waals surface area contributed by atoms with E-state index in [4.69, 9.17) is 0 Å². The maximum atomic E-state index is 12.1. The Kier molecular flexibility index (Phi) is 4.64. The van der Waals surface area contributed by atoms with Crippen molar-refractivity contribution in [3.63, 3.8) is 0 Å². The van der Waals surface area contributed by atoms with Crippen LogP contribution < -0.4 is 15.8 Å². The monoisotopic (exact) mass is 330 g/mol. The van der Waals surface area contributed by atoms with Gasteiger partial charge in [-0.2, -0.15) is 10.2 Å². The second-order valence-corrected chi connectivity index (χ2v) is 6.04. The quantitative estimate of drug-likeness (QED) is 0.850. The van der Waals surface area contributed by atoms with Gasteiger partial charge in [0.2, 0.25) is 0 Å². The SMILES string of the molecule is CCn1ccc(C(=O)NC[C@H]2CCN(c3cnn(C)c(=O)c3)C2)n1. The molecule has 3 rings (SSSR count). The molecule has 1 aliphatic heterocycles. The first-order chi connectivity index (χ1) is 11.6. The fourth-order valence-electron chi connectivity index (χ4n) is 2.85. The number of hydrogen-bond donors (Lipinski definition) is 1. The molecule has 0 saturated carbocycles. The Balaban J connectivity index is 1.53. The molecular weight excluding hydrogens is 308 g/mol. The van der Waals surface area contributed by atoms with Crippen LogP contribution in [0.5, 0.6) is 0 Å². The molecule has 1 saturated heterocycles. The predicted molar refractivity (Wildman–Crippen MR) is 90.0 cm³/mol. The highest BCUT2D eigenvalue weighted by Gasteiger charge is 2.24. The molecular formula is C16H22N6O2. The van der Waals surface area contributed by atoms with Gasteiger partial charge in [0.05, 0.1) is 11.9 Å².